The molecule has 1 atom stereocenters. The Balaban J connectivity index is 1.88. The smallest absolute Gasteiger partial charge is 0.374 e. The van der Waals surface area contributed by atoms with Gasteiger partial charge in [0, 0.05) is 11.6 Å². The minimum absolute atomic E-state index is 0.147. The van der Waals surface area contributed by atoms with Crippen LogP contribution in [0.5, 0.6) is 0 Å². The topological polar surface area (TPSA) is 81.8 Å². The van der Waals surface area contributed by atoms with Crippen molar-refractivity contribution in [1.82, 2.24) is 5.16 Å². The minimum Gasteiger partial charge on any atom is -0.475 e. The summed E-state index contributed by atoms with van der Waals surface area (Å²) < 4.78 is 16.1. The summed E-state index contributed by atoms with van der Waals surface area (Å²) >= 11 is 0. The molecule has 1 unspecified atom stereocenters. The van der Waals surface area contributed by atoms with Gasteiger partial charge in [0.2, 0.25) is 5.76 Å². The number of carboxylic acids is 1. The van der Waals surface area contributed by atoms with Gasteiger partial charge in [-0.2, -0.15) is 0 Å². The van der Waals surface area contributed by atoms with Crippen molar-refractivity contribution >= 4 is 5.97 Å². The van der Waals surface area contributed by atoms with Crippen molar-refractivity contribution in [1.29, 1.82) is 0 Å². The number of hydrogen-bond acceptors (Lipinski definition) is 5. The zero-order valence-electron chi connectivity index (χ0n) is 11.7. The Morgan fingerprint density at radius 1 is 1.38 bits per heavy atom. The molecular weight excluding hydrogens is 274 g/mol. The van der Waals surface area contributed by atoms with Crippen molar-refractivity contribution in [2.45, 2.75) is 25.7 Å². The summed E-state index contributed by atoms with van der Waals surface area (Å²) in [5.74, 6) is -1.92. The van der Waals surface area contributed by atoms with Crippen molar-refractivity contribution in [3.63, 3.8) is 0 Å². The number of benzene rings is 1. The molecule has 1 aliphatic rings. The van der Waals surface area contributed by atoms with Crippen LogP contribution in [0.2, 0.25) is 0 Å². The second-order valence-corrected chi connectivity index (χ2v) is 5.32. The zero-order chi connectivity index (χ0) is 15.0. The van der Waals surface area contributed by atoms with Crippen LogP contribution in [0.3, 0.4) is 0 Å². The van der Waals surface area contributed by atoms with Gasteiger partial charge in [0.15, 0.2) is 5.79 Å². The molecule has 1 aliphatic heterocycles. The Kier molecular flexibility index (Phi) is 3.27. The number of nitrogens with zero attached hydrogens (tertiary/aromatic N) is 1. The Morgan fingerprint density at radius 2 is 2.19 bits per heavy atom. The lowest BCUT2D eigenvalue weighted by Gasteiger charge is -2.17. The molecule has 1 fully saturated rings. The Morgan fingerprint density at radius 3 is 2.81 bits per heavy atom. The second kappa shape index (κ2) is 4.98. The monoisotopic (exact) mass is 289 g/mol. The fourth-order valence-corrected chi connectivity index (χ4v) is 2.26. The highest BCUT2D eigenvalue weighted by atomic mass is 16.7. The average molecular weight is 289 g/mol. The molecule has 0 aliphatic carbocycles. The third kappa shape index (κ3) is 2.81. The first kappa shape index (κ1) is 13.8. The summed E-state index contributed by atoms with van der Waals surface area (Å²) in [6.45, 7) is 4.22. The molecule has 2 heterocycles. The lowest BCUT2D eigenvalue weighted by molar-refractivity contribution is -0.139. The maximum absolute atomic E-state index is 10.8. The van der Waals surface area contributed by atoms with Gasteiger partial charge in [-0.1, -0.05) is 23.4 Å². The molecule has 0 radical (unpaired) electrons. The number of carbonyl (C=O) groups is 1. The molecular formula is C15H15NO5. The predicted molar refractivity (Wildman–Crippen MR) is 72.8 cm³/mol. The van der Waals surface area contributed by atoms with E-state index < -0.39 is 11.8 Å². The summed E-state index contributed by atoms with van der Waals surface area (Å²) in [4.78, 5) is 10.8. The Hall–Kier alpha value is -2.18. The van der Waals surface area contributed by atoms with Crippen LogP contribution in [-0.4, -0.2) is 28.6 Å². The highest BCUT2D eigenvalue weighted by Gasteiger charge is 2.33. The molecule has 1 N–H and O–H groups in total. The lowest BCUT2D eigenvalue weighted by atomic mass is 10.0. The van der Waals surface area contributed by atoms with Gasteiger partial charge in [0.25, 0.3) is 0 Å². The van der Waals surface area contributed by atoms with E-state index in [1.165, 1.54) is 6.07 Å². The third-order valence-corrected chi connectivity index (χ3v) is 3.28. The molecule has 3 rings (SSSR count). The number of carboxylic acid groups (broad SMARTS) is 1. The molecule has 6 heteroatoms. The van der Waals surface area contributed by atoms with Gasteiger partial charge in [-0.05, 0) is 25.5 Å². The van der Waals surface area contributed by atoms with Crippen molar-refractivity contribution < 1.29 is 23.9 Å². The first-order valence-corrected chi connectivity index (χ1v) is 6.57. The van der Waals surface area contributed by atoms with Crippen LogP contribution in [0, 0.1) is 0 Å². The van der Waals surface area contributed by atoms with E-state index in [0.717, 1.165) is 11.1 Å². The van der Waals surface area contributed by atoms with E-state index >= 15 is 0 Å². The van der Waals surface area contributed by atoms with E-state index in [-0.39, 0.29) is 11.9 Å². The largest absolute Gasteiger partial charge is 0.475 e. The second-order valence-electron chi connectivity index (χ2n) is 5.32. The number of aromatic nitrogens is 1. The Labute approximate surface area is 121 Å². The summed E-state index contributed by atoms with van der Waals surface area (Å²) in [5, 5.41) is 12.6. The molecule has 0 spiro atoms. The summed E-state index contributed by atoms with van der Waals surface area (Å²) in [6.07, 6.45) is -0.147. The molecule has 1 saturated heterocycles. The van der Waals surface area contributed by atoms with E-state index in [9.17, 15) is 4.79 Å². The van der Waals surface area contributed by atoms with Gasteiger partial charge >= 0.3 is 5.97 Å². The molecule has 2 aromatic rings. The van der Waals surface area contributed by atoms with Gasteiger partial charge in [0.1, 0.15) is 11.8 Å². The van der Waals surface area contributed by atoms with E-state index in [0.29, 0.717) is 12.3 Å². The number of aromatic carboxylic acids is 1. The summed E-state index contributed by atoms with van der Waals surface area (Å²) in [6, 6.07) is 8.95. The highest BCUT2D eigenvalue weighted by molar-refractivity contribution is 5.85. The van der Waals surface area contributed by atoms with Crippen molar-refractivity contribution in [2.75, 3.05) is 6.61 Å². The normalized spacial score (nSPS) is 20.6. The van der Waals surface area contributed by atoms with Crippen LogP contribution in [0.15, 0.2) is 34.9 Å². The number of ether oxygens (including phenoxy) is 2. The van der Waals surface area contributed by atoms with Crippen LogP contribution in [0.4, 0.5) is 0 Å². The quantitative estimate of drug-likeness (QED) is 0.935. The van der Waals surface area contributed by atoms with E-state index in [1.54, 1.807) is 0 Å². The van der Waals surface area contributed by atoms with Crippen molar-refractivity contribution in [3.05, 3.63) is 41.7 Å². The van der Waals surface area contributed by atoms with E-state index in [2.05, 4.69) is 5.16 Å². The van der Waals surface area contributed by atoms with Crippen molar-refractivity contribution in [3.8, 4) is 11.3 Å². The molecule has 0 bridgehead atoms. The molecule has 110 valence electrons. The zero-order valence-corrected chi connectivity index (χ0v) is 11.7. The summed E-state index contributed by atoms with van der Waals surface area (Å²) in [7, 11) is 0. The number of rotatable bonds is 3. The maximum Gasteiger partial charge on any atom is 0.374 e. The predicted octanol–water partition coefficient (Wildman–Crippen LogP) is 2.86. The molecule has 0 saturated carbocycles. The third-order valence-electron chi connectivity index (χ3n) is 3.28. The molecule has 0 amide bonds. The van der Waals surface area contributed by atoms with Gasteiger partial charge in [0.05, 0.1) is 6.61 Å². The van der Waals surface area contributed by atoms with Gasteiger partial charge < -0.3 is 19.1 Å². The molecule has 21 heavy (non-hydrogen) atoms. The van der Waals surface area contributed by atoms with Gasteiger partial charge in [-0.25, -0.2) is 4.79 Å². The van der Waals surface area contributed by atoms with E-state index in [1.807, 2.05) is 38.1 Å². The van der Waals surface area contributed by atoms with Crippen LogP contribution < -0.4 is 0 Å². The van der Waals surface area contributed by atoms with Crippen LogP contribution in [-0.2, 0) is 9.47 Å². The first-order chi connectivity index (χ1) is 9.94. The average Bonchev–Trinajstić information content (AvgIpc) is 3.05. The van der Waals surface area contributed by atoms with Crippen LogP contribution in [0.25, 0.3) is 11.3 Å². The van der Waals surface area contributed by atoms with Gasteiger partial charge in [-0.3, -0.25) is 0 Å². The van der Waals surface area contributed by atoms with Crippen LogP contribution in [0.1, 0.15) is 36.1 Å². The first-order valence-electron chi connectivity index (χ1n) is 6.57. The van der Waals surface area contributed by atoms with E-state index in [4.69, 9.17) is 19.1 Å². The lowest BCUT2D eigenvalue weighted by Crippen LogP contribution is -2.19. The summed E-state index contributed by atoms with van der Waals surface area (Å²) in [5.41, 5.74) is 2.21. The highest BCUT2D eigenvalue weighted by Crippen LogP contribution is 2.34. The SMILES string of the molecule is CC1(C)OCC(c2cccc(-c3cc(C(=O)O)on3)c2)O1. The van der Waals surface area contributed by atoms with Crippen LogP contribution >= 0.6 is 0 Å². The van der Waals surface area contributed by atoms with Gasteiger partial charge in [-0.15, -0.1) is 0 Å². The van der Waals surface area contributed by atoms with Crippen molar-refractivity contribution in [2.24, 2.45) is 0 Å². The Bertz CT molecular complexity index is 676. The fraction of sp³-hybridized carbons (Fsp3) is 0.333. The number of hydrogen-bond donors (Lipinski definition) is 1. The standard InChI is InChI=1S/C15H15NO5/c1-15(2)19-8-13(20-15)10-5-3-4-9(6-10)11-7-12(14(17)18)21-16-11/h3-7,13H,8H2,1-2H3,(H,17,18). The fourth-order valence-electron chi connectivity index (χ4n) is 2.26. The maximum atomic E-state index is 10.8. The minimum atomic E-state index is -1.14. The molecule has 1 aromatic heterocycles. The molecule has 1 aromatic carbocycles. The molecule has 6 nitrogen and oxygen atoms in total.